The molecule has 1 aliphatic carbocycles. The summed E-state index contributed by atoms with van der Waals surface area (Å²) in [6, 6.07) is 11.6. The Labute approximate surface area is 191 Å². The van der Waals surface area contributed by atoms with Crippen LogP contribution < -0.4 is 0 Å². The Bertz CT molecular complexity index is 1130. The molecule has 1 saturated heterocycles. The number of carbonyl (C=O) groups excluding carboxylic acids is 4. The zero-order valence-electron chi connectivity index (χ0n) is 17.9. The summed E-state index contributed by atoms with van der Waals surface area (Å²) in [4.78, 5) is 52.9. The lowest BCUT2D eigenvalue weighted by molar-refractivity contribution is -0.154. The lowest BCUT2D eigenvalue weighted by Gasteiger charge is -2.30. The highest BCUT2D eigenvalue weighted by Gasteiger charge is 2.51. The number of hydrogen-bond donors (Lipinski definition) is 0. The van der Waals surface area contributed by atoms with Gasteiger partial charge in [0.1, 0.15) is 6.54 Å². The zero-order valence-corrected chi connectivity index (χ0v) is 18.6. The molecule has 6 nitrogen and oxygen atoms in total. The van der Waals surface area contributed by atoms with Crippen LogP contribution >= 0.6 is 11.6 Å². The molecule has 1 heterocycles. The average molecular weight is 451 g/mol. The predicted molar refractivity (Wildman–Crippen MR) is 120 cm³/mol. The van der Waals surface area contributed by atoms with Gasteiger partial charge in [-0.2, -0.15) is 5.01 Å². The SMILES string of the molecule is Cc1ccc(C(=O)CN(C(=O)c2ccccc2Cl)N2C(=O)[C@@H]3CC=CC[C@H]3C2=O)cc1C. The summed E-state index contributed by atoms with van der Waals surface area (Å²) in [5.74, 6) is -3.00. The summed E-state index contributed by atoms with van der Waals surface area (Å²) in [6.45, 7) is 3.38. The fourth-order valence-corrected chi connectivity index (χ4v) is 4.39. The Morgan fingerprint density at radius 1 is 0.969 bits per heavy atom. The van der Waals surface area contributed by atoms with Gasteiger partial charge in [0.25, 0.3) is 17.7 Å². The van der Waals surface area contributed by atoms with Crippen LogP contribution in [0.3, 0.4) is 0 Å². The van der Waals surface area contributed by atoms with Gasteiger partial charge in [-0.1, -0.05) is 48.0 Å². The second-order valence-electron chi connectivity index (χ2n) is 8.21. The van der Waals surface area contributed by atoms with Crippen LogP contribution in [0, 0.1) is 25.7 Å². The Balaban J connectivity index is 1.72. The summed E-state index contributed by atoms with van der Waals surface area (Å²) >= 11 is 6.23. The third kappa shape index (κ3) is 3.86. The van der Waals surface area contributed by atoms with Gasteiger partial charge in [0.05, 0.1) is 22.4 Å². The van der Waals surface area contributed by atoms with Gasteiger partial charge < -0.3 is 0 Å². The van der Waals surface area contributed by atoms with Gasteiger partial charge in [-0.05, 0) is 56.0 Å². The number of carbonyl (C=O) groups is 4. The van der Waals surface area contributed by atoms with E-state index in [-0.39, 0.29) is 16.4 Å². The van der Waals surface area contributed by atoms with E-state index >= 15 is 0 Å². The van der Waals surface area contributed by atoms with E-state index in [4.69, 9.17) is 11.6 Å². The van der Waals surface area contributed by atoms with Crippen LogP contribution in [0.5, 0.6) is 0 Å². The van der Waals surface area contributed by atoms with E-state index in [0.717, 1.165) is 21.1 Å². The number of rotatable bonds is 5. The molecule has 7 heteroatoms. The second-order valence-corrected chi connectivity index (χ2v) is 8.62. The van der Waals surface area contributed by atoms with Gasteiger partial charge in [0.2, 0.25) is 0 Å². The van der Waals surface area contributed by atoms with Crippen molar-refractivity contribution in [1.29, 1.82) is 0 Å². The average Bonchev–Trinajstić information content (AvgIpc) is 3.04. The van der Waals surface area contributed by atoms with E-state index in [1.54, 1.807) is 30.3 Å². The van der Waals surface area contributed by atoms with E-state index in [1.807, 2.05) is 32.1 Å². The predicted octanol–water partition coefficient (Wildman–Crippen LogP) is 4.15. The molecule has 2 aromatic carbocycles. The number of Topliss-reactive ketones (excluding diaryl/α,β-unsaturated/α-hetero) is 1. The van der Waals surface area contributed by atoms with Crippen molar-refractivity contribution in [2.75, 3.05) is 6.54 Å². The maximum Gasteiger partial charge on any atom is 0.274 e. The van der Waals surface area contributed by atoms with E-state index in [0.29, 0.717) is 18.4 Å². The van der Waals surface area contributed by atoms with Gasteiger partial charge in [-0.3, -0.25) is 19.2 Å². The van der Waals surface area contributed by atoms with Gasteiger partial charge in [-0.25, -0.2) is 5.01 Å². The molecule has 3 amide bonds. The van der Waals surface area contributed by atoms with Crippen molar-refractivity contribution in [2.45, 2.75) is 26.7 Å². The first kappa shape index (κ1) is 22.0. The fourth-order valence-electron chi connectivity index (χ4n) is 4.17. The Hall–Kier alpha value is -3.25. The first-order chi connectivity index (χ1) is 15.3. The van der Waals surface area contributed by atoms with Crippen molar-refractivity contribution < 1.29 is 19.2 Å². The number of allylic oxidation sites excluding steroid dienone is 2. The van der Waals surface area contributed by atoms with Crippen LogP contribution in [0.2, 0.25) is 5.02 Å². The number of aryl methyl sites for hydroxylation is 2. The number of nitrogens with zero attached hydrogens (tertiary/aromatic N) is 2. The molecule has 2 aromatic rings. The molecule has 0 spiro atoms. The van der Waals surface area contributed by atoms with Crippen molar-refractivity contribution in [3.05, 3.63) is 81.9 Å². The molecule has 0 bridgehead atoms. The highest BCUT2D eigenvalue weighted by atomic mass is 35.5. The molecule has 0 N–H and O–H groups in total. The molecule has 32 heavy (non-hydrogen) atoms. The standard InChI is InChI=1S/C25H23ClN2O4/c1-15-11-12-17(13-16(15)2)22(29)14-27(23(30)20-9-5-6-10-21(20)26)28-24(31)18-7-3-4-8-19(18)25(28)32/h3-6,9-13,18-19H,7-8,14H2,1-2H3/t18-,19-/m1/s1. The van der Waals surface area contributed by atoms with Crippen LogP contribution in [-0.2, 0) is 9.59 Å². The zero-order chi connectivity index (χ0) is 23.0. The summed E-state index contributed by atoms with van der Waals surface area (Å²) in [5.41, 5.74) is 2.50. The third-order valence-electron chi connectivity index (χ3n) is 6.19. The molecular weight excluding hydrogens is 428 g/mol. The largest absolute Gasteiger partial charge is 0.292 e. The molecule has 0 unspecified atom stereocenters. The van der Waals surface area contributed by atoms with Crippen LogP contribution in [0.1, 0.15) is 44.7 Å². The number of ketones is 1. The number of fused-ring (bicyclic) bond motifs is 1. The topological polar surface area (TPSA) is 74.8 Å². The quantitative estimate of drug-likeness (QED) is 0.389. The molecule has 2 aliphatic rings. The smallest absolute Gasteiger partial charge is 0.274 e. The van der Waals surface area contributed by atoms with Crippen molar-refractivity contribution in [1.82, 2.24) is 10.0 Å². The molecule has 1 aliphatic heterocycles. The van der Waals surface area contributed by atoms with Gasteiger partial charge in [0, 0.05) is 5.56 Å². The number of hydrogen-bond acceptors (Lipinski definition) is 4. The van der Waals surface area contributed by atoms with Crippen molar-refractivity contribution in [3.8, 4) is 0 Å². The van der Waals surface area contributed by atoms with Crippen LogP contribution in [0.4, 0.5) is 0 Å². The van der Waals surface area contributed by atoms with Crippen molar-refractivity contribution in [2.24, 2.45) is 11.8 Å². The summed E-state index contributed by atoms with van der Waals surface area (Å²) in [6.07, 6.45) is 4.61. The Kier molecular flexibility index (Phi) is 5.98. The Morgan fingerprint density at radius 3 is 2.19 bits per heavy atom. The highest BCUT2D eigenvalue weighted by molar-refractivity contribution is 6.34. The highest BCUT2D eigenvalue weighted by Crippen LogP contribution is 2.36. The lowest BCUT2D eigenvalue weighted by Crippen LogP contribution is -2.52. The summed E-state index contributed by atoms with van der Waals surface area (Å²) in [7, 11) is 0. The van der Waals surface area contributed by atoms with Crippen molar-refractivity contribution in [3.63, 3.8) is 0 Å². The first-order valence-electron chi connectivity index (χ1n) is 10.5. The van der Waals surface area contributed by atoms with Crippen LogP contribution in [0.15, 0.2) is 54.6 Å². The van der Waals surface area contributed by atoms with E-state index in [1.165, 1.54) is 6.07 Å². The first-order valence-corrected chi connectivity index (χ1v) is 10.9. The molecule has 0 aromatic heterocycles. The van der Waals surface area contributed by atoms with Gasteiger partial charge in [0.15, 0.2) is 5.78 Å². The van der Waals surface area contributed by atoms with Gasteiger partial charge >= 0.3 is 0 Å². The maximum atomic E-state index is 13.5. The maximum absolute atomic E-state index is 13.5. The summed E-state index contributed by atoms with van der Waals surface area (Å²) < 4.78 is 0. The molecule has 0 radical (unpaired) electrons. The normalized spacial score (nSPS) is 19.8. The lowest BCUT2D eigenvalue weighted by atomic mass is 9.85. The molecule has 164 valence electrons. The van der Waals surface area contributed by atoms with Crippen LogP contribution in [0.25, 0.3) is 0 Å². The molecule has 1 fully saturated rings. The van der Waals surface area contributed by atoms with Crippen LogP contribution in [-0.4, -0.2) is 40.1 Å². The van der Waals surface area contributed by atoms with Gasteiger partial charge in [-0.15, -0.1) is 0 Å². The van der Waals surface area contributed by atoms with Crippen molar-refractivity contribution >= 4 is 35.1 Å². The minimum Gasteiger partial charge on any atom is -0.292 e. The number of benzene rings is 2. The number of amides is 3. The second kappa shape index (κ2) is 8.71. The number of imide groups is 1. The number of hydrazine groups is 1. The third-order valence-corrected chi connectivity index (χ3v) is 6.52. The minimum absolute atomic E-state index is 0.121. The molecule has 2 atom stereocenters. The Morgan fingerprint density at radius 2 is 1.59 bits per heavy atom. The molecule has 4 rings (SSSR count). The van der Waals surface area contributed by atoms with E-state index < -0.39 is 36.1 Å². The number of halogens is 1. The van der Waals surface area contributed by atoms with E-state index in [2.05, 4.69) is 0 Å². The summed E-state index contributed by atoms with van der Waals surface area (Å²) in [5, 5.41) is 2.01. The fraction of sp³-hybridized carbons (Fsp3) is 0.280. The monoisotopic (exact) mass is 450 g/mol. The minimum atomic E-state index is -0.666. The molecular formula is C25H23ClN2O4. The van der Waals surface area contributed by atoms with E-state index in [9.17, 15) is 19.2 Å². The molecule has 0 saturated carbocycles.